The van der Waals surface area contributed by atoms with E-state index >= 15 is 0 Å². The van der Waals surface area contributed by atoms with Crippen LogP contribution in [0, 0.1) is 10.1 Å². The monoisotopic (exact) mass is 451 g/mol. The number of nitro groups is 1. The Morgan fingerprint density at radius 1 is 1.16 bits per heavy atom. The highest BCUT2D eigenvalue weighted by atomic mass is 32.1. The average molecular weight is 451 g/mol. The number of hydrogen-bond donors (Lipinski definition) is 1. The first-order chi connectivity index (χ1) is 15.5. The lowest BCUT2D eigenvalue weighted by atomic mass is 10.1. The maximum absolute atomic E-state index is 12.5. The Bertz CT molecular complexity index is 1210. The van der Waals surface area contributed by atoms with Crippen LogP contribution in [-0.2, 0) is 11.3 Å². The fourth-order valence-electron chi connectivity index (χ4n) is 3.36. The fraction of sp³-hybridized carbons (Fsp3) is 0.190. The third-order valence-corrected chi connectivity index (χ3v) is 5.85. The summed E-state index contributed by atoms with van der Waals surface area (Å²) in [6.07, 6.45) is 3.71. The van der Waals surface area contributed by atoms with Gasteiger partial charge in [0.15, 0.2) is 0 Å². The zero-order chi connectivity index (χ0) is 22.7. The summed E-state index contributed by atoms with van der Waals surface area (Å²) in [5.41, 5.74) is 1.10. The van der Waals surface area contributed by atoms with Gasteiger partial charge in [-0.2, -0.15) is 0 Å². The lowest BCUT2D eigenvalue weighted by Gasteiger charge is -2.13. The van der Waals surface area contributed by atoms with Gasteiger partial charge >= 0.3 is 0 Å². The van der Waals surface area contributed by atoms with Crippen LogP contribution in [0.1, 0.15) is 39.3 Å². The first-order valence-electron chi connectivity index (χ1n) is 9.71. The normalized spacial score (nSPS) is 12.7. The van der Waals surface area contributed by atoms with E-state index in [0.29, 0.717) is 0 Å². The van der Waals surface area contributed by atoms with Crippen molar-refractivity contribution in [1.29, 1.82) is 0 Å². The molecule has 162 valence electrons. The minimum atomic E-state index is -0.705. The first-order valence-corrected chi connectivity index (χ1v) is 10.6. The van der Waals surface area contributed by atoms with Gasteiger partial charge in [0.05, 0.1) is 22.7 Å². The van der Waals surface area contributed by atoms with Crippen molar-refractivity contribution in [1.82, 2.24) is 20.2 Å². The summed E-state index contributed by atoms with van der Waals surface area (Å²) < 4.78 is 0. The molecule has 32 heavy (non-hydrogen) atoms. The van der Waals surface area contributed by atoms with Gasteiger partial charge in [-0.05, 0) is 24.6 Å². The van der Waals surface area contributed by atoms with Gasteiger partial charge in [-0.15, -0.1) is 11.3 Å². The van der Waals surface area contributed by atoms with Gasteiger partial charge in [-0.3, -0.25) is 34.4 Å². The molecule has 0 saturated heterocycles. The Morgan fingerprint density at radius 3 is 2.69 bits per heavy atom. The molecule has 0 bridgehead atoms. The molecule has 1 aromatic carbocycles. The molecule has 0 aliphatic carbocycles. The number of amides is 3. The Morgan fingerprint density at radius 2 is 1.94 bits per heavy atom. The molecule has 0 spiro atoms. The highest BCUT2D eigenvalue weighted by Gasteiger charge is 2.40. The number of fused-ring (bicyclic) bond motifs is 1. The van der Waals surface area contributed by atoms with Crippen LogP contribution < -0.4 is 5.32 Å². The number of nitro benzene ring substituents is 1. The molecule has 3 aromatic rings. The molecule has 10 nitrogen and oxygen atoms in total. The molecule has 4 rings (SSSR count). The first kappa shape index (κ1) is 21.2. The lowest BCUT2D eigenvalue weighted by molar-refractivity contribution is -0.385. The van der Waals surface area contributed by atoms with Crippen molar-refractivity contribution < 1.29 is 19.3 Å². The Balaban J connectivity index is 1.28. The summed E-state index contributed by atoms with van der Waals surface area (Å²) in [4.78, 5) is 57.0. The van der Waals surface area contributed by atoms with Crippen molar-refractivity contribution in [3.8, 4) is 10.6 Å². The molecule has 0 radical (unpaired) electrons. The minimum absolute atomic E-state index is 0.000186. The molecule has 1 aliphatic heterocycles. The van der Waals surface area contributed by atoms with E-state index in [9.17, 15) is 24.5 Å². The van der Waals surface area contributed by atoms with E-state index in [4.69, 9.17) is 0 Å². The predicted molar refractivity (Wildman–Crippen MR) is 115 cm³/mol. The van der Waals surface area contributed by atoms with Gasteiger partial charge in [-0.25, -0.2) is 4.98 Å². The molecule has 2 aromatic heterocycles. The number of imide groups is 1. The molecule has 0 saturated carbocycles. The number of rotatable bonds is 8. The third kappa shape index (κ3) is 4.23. The summed E-state index contributed by atoms with van der Waals surface area (Å²) in [7, 11) is 0. The zero-order valence-corrected chi connectivity index (χ0v) is 17.5. The lowest BCUT2D eigenvalue weighted by Crippen LogP contribution is -2.32. The molecule has 3 amide bonds. The number of carbonyl (C=O) groups is 3. The van der Waals surface area contributed by atoms with Crippen molar-refractivity contribution in [2.75, 3.05) is 6.54 Å². The van der Waals surface area contributed by atoms with Crippen molar-refractivity contribution >= 4 is 34.7 Å². The SMILES string of the molecule is O=C(CCCN1C(=O)c2cccc([N+](=O)[O-])c2C1=O)NCc1csc(-c2ccncc2)n1. The van der Waals surface area contributed by atoms with Gasteiger partial charge in [0, 0.05) is 42.4 Å². The van der Waals surface area contributed by atoms with E-state index in [-0.39, 0.29) is 43.0 Å². The van der Waals surface area contributed by atoms with E-state index in [1.54, 1.807) is 12.4 Å². The van der Waals surface area contributed by atoms with Gasteiger partial charge < -0.3 is 5.32 Å². The molecule has 11 heteroatoms. The molecule has 1 N–H and O–H groups in total. The smallest absolute Gasteiger partial charge is 0.282 e. The summed E-state index contributed by atoms with van der Waals surface area (Å²) in [5.74, 6) is -1.53. The van der Waals surface area contributed by atoms with Crippen LogP contribution in [0.2, 0.25) is 0 Å². The van der Waals surface area contributed by atoms with Crippen LogP contribution in [-0.4, -0.2) is 44.1 Å². The van der Waals surface area contributed by atoms with Gasteiger partial charge in [0.2, 0.25) is 5.91 Å². The van der Waals surface area contributed by atoms with Crippen LogP contribution in [0.25, 0.3) is 10.6 Å². The van der Waals surface area contributed by atoms with Crippen LogP contribution in [0.4, 0.5) is 5.69 Å². The van der Waals surface area contributed by atoms with Crippen molar-refractivity contribution in [2.24, 2.45) is 0 Å². The van der Waals surface area contributed by atoms with E-state index in [1.165, 1.54) is 29.5 Å². The second kappa shape index (κ2) is 9.02. The number of thiazole rings is 1. The van der Waals surface area contributed by atoms with Crippen molar-refractivity contribution in [3.05, 3.63) is 75.0 Å². The summed E-state index contributed by atoms with van der Waals surface area (Å²) in [6, 6.07) is 7.67. The van der Waals surface area contributed by atoms with Gasteiger partial charge in [0.1, 0.15) is 10.6 Å². The topological polar surface area (TPSA) is 135 Å². The largest absolute Gasteiger partial charge is 0.350 e. The maximum atomic E-state index is 12.5. The van der Waals surface area contributed by atoms with E-state index in [1.807, 2.05) is 17.5 Å². The fourth-order valence-corrected chi connectivity index (χ4v) is 4.19. The van der Waals surface area contributed by atoms with Crippen LogP contribution >= 0.6 is 11.3 Å². The Labute approximate surface area is 186 Å². The zero-order valence-electron chi connectivity index (χ0n) is 16.7. The average Bonchev–Trinajstić information content (AvgIpc) is 3.37. The highest BCUT2D eigenvalue weighted by molar-refractivity contribution is 7.13. The maximum Gasteiger partial charge on any atom is 0.282 e. The number of carbonyl (C=O) groups excluding carboxylic acids is 3. The number of benzene rings is 1. The number of nitrogens with zero attached hydrogens (tertiary/aromatic N) is 4. The molecule has 0 unspecified atom stereocenters. The molecule has 3 heterocycles. The number of aromatic nitrogens is 2. The molecular formula is C21H17N5O5S. The van der Waals surface area contributed by atoms with Gasteiger partial charge in [0.25, 0.3) is 17.5 Å². The standard InChI is InChI=1S/C21H17N5O5S/c27-17(23-11-14-12-32-19(24-14)13-6-8-22-9-7-13)5-2-10-25-20(28)15-3-1-4-16(26(30)31)18(15)21(25)29/h1,3-4,6-9,12H,2,5,10-11H2,(H,23,27). The molecule has 0 fully saturated rings. The van der Waals surface area contributed by atoms with E-state index < -0.39 is 22.4 Å². The number of nitrogens with one attached hydrogen (secondary N) is 1. The van der Waals surface area contributed by atoms with Crippen molar-refractivity contribution in [3.63, 3.8) is 0 Å². The third-order valence-electron chi connectivity index (χ3n) is 4.90. The second-order valence-electron chi connectivity index (χ2n) is 6.98. The summed E-state index contributed by atoms with van der Waals surface area (Å²) >= 11 is 1.47. The van der Waals surface area contributed by atoms with Crippen LogP contribution in [0.3, 0.4) is 0 Å². The van der Waals surface area contributed by atoms with E-state index in [2.05, 4.69) is 15.3 Å². The summed E-state index contributed by atoms with van der Waals surface area (Å²) in [5, 5.41) is 16.6. The van der Waals surface area contributed by atoms with E-state index in [0.717, 1.165) is 21.2 Å². The second-order valence-corrected chi connectivity index (χ2v) is 7.84. The highest BCUT2D eigenvalue weighted by Crippen LogP contribution is 2.30. The Hall–Kier alpha value is -3.99. The van der Waals surface area contributed by atoms with Crippen LogP contribution in [0.15, 0.2) is 48.1 Å². The number of hydrogen-bond acceptors (Lipinski definition) is 8. The molecule has 0 atom stereocenters. The minimum Gasteiger partial charge on any atom is -0.350 e. The quantitative estimate of drug-likeness (QED) is 0.316. The number of pyridine rings is 1. The molecule has 1 aliphatic rings. The predicted octanol–water partition coefficient (Wildman–Crippen LogP) is 2.81. The summed E-state index contributed by atoms with van der Waals surface area (Å²) in [6.45, 7) is 0.263. The molecular weight excluding hydrogens is 434 g/mol. The van der Waals surface area contributed by atoms with Crippen LogP contribution in [0.5, 0.6) is 0 Å². The van der Waals surface area contributed by atoms with Crippen molar-refractivity contribution in [2.45, 2.75) is 19.4 Å². The van der Waals surface area contributed by atoms with Gasteiger partial charge in [-0.1, -0.05) is 6.07 Å². The Kier molecular flexibility index (Phi) is 5.99.